The van der Waals surface area contributed by atoms with Crippen molar-refractivity contribution in [3.8, 4) is 11.3 Å². The number of likely N-dealkylation sites (tertiary alicyclic amines) is 1. The van der Waals surface area contributed by atoms with Gasteiger partial charge in [0, 0.05) is 37.3 Å². The Morgan fingerprint density at radius 1 is 1.10 bits per heavy atom. The second-order valence-electron chi connectivity index (χ2n) is 8.22. The molecule has 1 fully saturated rings. The van der Waals surface area contributed by atoms with Crippen molar-refractivity contribution in [2.24, 2.45) is 0 Å². The van der Waals surface area contributed by atoms with E-state index in [-0.39, 0.29) is 17.1 Å². The first-order chi connectivity index (χ1) is 15.1. The number of para-hydroxylation sites is 1. The van der Waals surface area contributed by atoms with Crippen LogP contribution in [0.1, 0.15) is 24.0 Å². The standard InChI is InChI=1S/C24H24FN5O/c1-26-22-27-15-16-14-24(18-7-3-2-6-17(18)21(16)29-22)10-12-30(13-11-24)23(31)28-20-9-5-4-8-19(20)25/h2-9,15H,10-14H2,1H3,(H,28,31)(H,26,27,29). The highest BCUT2D eigenvalue weighted by Crippen LogP contribution is 2.47. The Kier molecular flexibility index (Phi) is 4.81. The summed E-state index contributed by atoms with van der Waals surface area (Å²) in [5.74, 6) is 0.187. The van der Waals surface area contributed by atoms with Gasteiger partial charge in [-0.15, -0.1) is 0 Å². The molecule has 3 aromatic rings. The van der Waals surface area contributed by atoms with Crippen LogP contribution in [0.25, 0.3) is 11.3 Å². The summed E-state index contributed by atoms with van der Waals surface area (Å²) in [6, 6.07) is 14.4. The summed E-state index contributed by atoms with van der Waals surface area (Å²) in [5.41, 5.74) is 4.72. The van der Waals surface area contributed by atoms with Gasteiger partial charge in [0.05, 0.1) is 11.4 Å². The smallest absolute Gasteiger partial charge is 0.321 e. The second kappa shape index (κ2) is 7.65. The largest absolute Gasteiger partial charge is 0.357 e. The van der Waals surface area contributed by atoms with Crippen molar-refractivity contribution in [2.75, 3.05) is 30.8 Å². The molecule has 1 spiro atoms. The predicted molar refractivity (Wildman–Crippen MR) is 119 cm³/mol. The SMILES string of the molecule is CNc1ncc2c(n1)-c1ccccc1C1(CCN(C(=O)Nc3ccccc3F)CC1)C2. The maximum atomic E-state index is 13.9. The van der Waals surface area contributed by atoms with Crippen LogP contribution >= 0.6 is 0 Å². The average Bonchev–Trinajstić information content (AvgIpc) is 2.81. The van der Waals surface area contributed by atoms with Crippen LogP contribution in [0.4, 0.5) is 20.8 Å². The Morgan fingerprint density at radius 2 is 1.84 bits per heavy atom. The summed E-state index contributed by atoms with van der Waals surface area (Å²) in [6.07, 6.45) is 4.44. The number of benzene rings is 2. The fourth-order valence-electron chi connectivity index (χ4n) is 4.84. The van der Waals surface area contributed by atoms with Crippen molar-refractivity contribution in [3.05, 3.63) is 71.7 Å². The van der Waals surface area contributed by atoms with Crippen molar-refractivity contribution in [2.45, 2.75) is 24.7 Å². The molecule has 0 unspecified atom stereocenters. The molecule has 2 aliphatic rings. The lowest BCUT2D eigenvalue weighted by Crippen LogP contribution is -2.48. The normalized spacial score (nSPS) is 16.4. The molecule has 2 N–H and O–H groups in total. The molecule has 6 nitrogen and oxygen atoms in total. The number of nitrogens with zero attached hydrogens (tertiary/aromatic N) is 3. The molecule has 1 aliphatic heterocycles. The predicted octanol–water partition coefficient (Wildman–Crippen LogP) is 4.45. The number of nitrogens with one attached hydrogen (secondary N) is 2. The lowest BCUT2D eigenvalue weighted by Gasteiger charge is -2.45. The maximum Gasteiger partial charge on any atom is 0.321 e. The van der Waals surface area contributed by atoms with Gasteiger partial charge in [0.25, 0.3) is 0 Å². The van der Waals surface area contributed by atoms with Gasteiger partial charge in [0.15, 0.2) is 0 Å². The first-order valence-corrected chi connectivity index (χ1v) is 10.5. The Morgan fingerprint density at radius 3 is 2.61 bits per heavy atom. The molecule has 7 heteroatoms. The molecule has 2 amide bonds. The molecule has 1 aliphatic carbocycles. The number of piperidine rings is 1. The highest BCUT2D eigenvalue weighted by atomic mass is 19.1. The van der Waals surface area contributed by atoms with Gasteiger partial charge >= 0.3 is 6.03 Å². The Hall–Kier alpha value is -3.48. The van der Waals surface area contributed by atoms with Gasteiger partial charge in [0.1, 0.15) is 5.82 Å². The summed E-state index contributed by atoms with van der Waals surface area (Å²) in [5, 5.41) is 5.72. The zero-order chi connectivity index (χ0) is 21.4. The minimum Gasteiger partial charge on any atom is -0.357 e. The lowest BCUT2D eigenvalue weighted by molar-refractivity contribution is 0.166. The fourth-order valence-corrected chi connectivity index (χ4v) is 4.84. The highest BCUT2D eigenvalue weighted by molar-refractivity contribution is 5.89. The van der Waals surface area contributed by atoms with Crippen molar-refractivity contribution in [1.29, 1.82) is 0 Å². The molecule has 2 aromatic carbocycles. The van der Waals surface area contributed by atoms with E-state index in [9.17, 15) is 9.18 Å². The zero-order valence-electron chi connectivity index (χ0n) is 17.4. The molecular weight excluding hydrogens is 393 g/mol. The van der Waals surface area contributed by atoms with Gasteiger partial charge in [-0.2, -0.15) is 0 Å². The maximum absolute atomic E-state index is 13.9. The van der Waals surface area contributed by atoms with Crippen LogP contribution in [0.3, 0.4) is 0 Å². The van der Waals surface area contributed by atoms with Gasteiger partial charge < -0.3 is 15.5 Å². The summed E-state index contributed by atoms with van der Waals surface area (Å²) in [4.78, 5) is 23.6. The zero-order valence-corrected chi connectivity index (χ0v) is 17.4. The molecular formula is C24H24FN5O. The van der Waals surface area contributed by atoms with Crippen molar-refractivity contribution in [1.82, 2.24) is 14.9 Å². The van der Waals surface area contributed by atoms with Crippen LogP contribution in [0.15, 0.2) is 54.7 Å². The molecule has 1 saturated heterocycles. The third kappa shape index (κ3) is 3.40. The number of hydrogen-bond donors (Lipinski definition) is 2. The van der Waals surface area contributed by atoms with Crippen LogP contribution in [0.5, 0.6) is 0 Å². The van der Waals surface area contributed by atoms with Crippen LogP contribution in [0, 0.1) is 5.82 Å². The van der Waals surface area contributed by atoms with Crippen LogP contribution in [-0.2, 0) is 11.8 Å². The summed E-state index contributed by atoms with van der Waals surface area (Å²) in [7, 11) is 1.82. The van der Waals surface area contributed by atoms with Crippen LogP contribution in [-0.4, -0.2) is 41.0 Å². The lowest BCUT2D eigenvalue weighted by atomic mass is 9.64. The first-order valence-electron chi connectivity index (χ1n) is 10.5. The number of urea groups is 1. The molecule has 31 heavy (non-hydrogen) atoms. The van der Waals surface area contributed by atoms with Crippen LogP contribution in [0.2, 0.25) is 0 Å². The van der Waals surface area contributed by atoms with E-state index in [2.05, 4.69) is 33.8 Å². The molecule has 0 atom stereocenters. The highest BCUT2D eigenvalue weighted by Gasteiger charge is 2.42. The summed E-state index contributed by atoms with van der Waals surface area (Å²) >= 11 is 0. The Bertz CT molecular complexity index is 1140. The molecule has 5 rings (SSSR count). The second-order valence-corrected chi connectivity index (χ2v) is 8.22. The van der Waals surface area contributed by atoms with Gasteiger partial charge in [-0.1, -0.05) is 36.4 Å². The van der Waals surface area contributed by atoms with Gasteiger partial charge in [-0.3, -0.25) is 0 Å². The van der Waals surface area contributed by atoms with E-state index in [0.29, 0.717) is 19.0 Å². The number of amides is 2. The molecule has 0 radical (unpaired) electrons. The van der Waals surface area contributed by atoms with E-state index in [1.807, 2.05) is 19.3 Å². The molecule has 158 valence electrons. The van der Waals surface area contributed by atoms with Crippen LogP contribution < -0.4 is 10.6 Å². The van der Waals surface area contributed by atoms with E-state index >= 15 is 0 Å². The number of hydrogen-bond acceptors (Lipinski definition) is 4. The number of aromatic nitrogens is 2. The van der Waals surface area contributed by atoms with Crippen molar-refractivity contribution >= 4 is 17.7 Å². The molecule has 0 bridgehead atoms. The number of anilines is 2. The Labute approximate surface area is 180 Å². The van der Waals surface area contributed by atoms with Crippen molar-refractivity contribution in [3.63, 3.8) is 0 Å². The van der Waals surface area contributed by atoms with Crippen molar-refractivity contribution < 1.29 is 9.18 Å². The first kappa shape index (κ1) is 19.5. The van der Waals surface area contributed by atoms with E-state index in [4.69, 9.17) is 4.98 Å². The average molecular weight is 417 g/mol. The third-order valence-corrected chi connectivity index (χ3v) is 6.49. The minimum atomic E-state index is -0.428. The van der Waals surface area contributed by atoms with E-state index < -0.39 is 5.82 Å². The fraction of sp³-hybridized carbons (Fsp3) is 0.292. The number of rotatable bonds is 2. The minimum absolute atomic E-state index is 0.0527. The van der Waals surface area contributed by atoms with E-state index in [0.717, 1.165) is 36.1 Å². The molecule has 1 aromatic heterocycles. The number of carbonyl (C=O) groups excluding carboxylic acids is 1. The molecule has 2 heterocycles. The van der Waals surface area contributed by atoms with Gasteiger partial charge in [0.2, 0.25) is 5.95 Å². The quantitative estimate of drug-likeness (QED) is 0.647. The van der Waals surface area contributed by atoms with E-state index in [1.54, 1.807) is 23.1 Å². The van der Waals surface area contributed by atoms with Gasteiger partial charge in [-0.25, -0.2) is 19.2 Å². The number of carbonyl (C=O) groups is 1. The molecule has 0 saturated carbocycles. The topological polar surface area (TPSA) is 70.2 Å². The monoisotopic (exact) mass is 417 g/mol. The summed E-state index contributed by atoms with van der Waals surface area (Å²) < 4.78 is 13.9. The number of halogens is 1. The summed E-state index contributed by atoms with van der Waals surface area (Å²) in [6.45, 7) is 1.22. The third-order valence-electron chi connectivity index (χ3n) is 6.49. The van der Waals surface area contributed by atoms with Gasteiger partial charge in [-0.05, 0) is 42.5 Å². The van der Waals surface area contributed by atoms with E-state index in [1.165, 1.54) is 11.6 Å². The number of fused-ring (bicyclic) bond motifs is 4. The Balaban J connectivity index is 1.38.